The van der Waals surface area contributed by atoms with Crippen molar-refractivity contribution in [2.75, 3.05) is 4.90 Å². The lowest BCUT2D eigenvalue weighted by Gasteiger charge is -2.39. The molecule has 0 amide bonds. The third-order valence-electron chi connectivity index (χ3n) is 6.03. The number of pyridine rings is 1. The first-order valence-electron chi connectivity index (χ1n) is 10.2. The van der Waals surface area contributed by atoms with Gasteiger partial charge in [0.15, 0.2) is 6.23 Å². The molecule has 3 rings (SSSR count). The number of aromatic nitrogens is 1. The van der Waals surface area contributed by atoms with E-state index in [2.05, 4.69) is 89.7 Å². The van der Waals surface area contributed by atoms with Crippen LogP contribution in [0.5, 0.6) is 5.75 Å². The molecule has 0 fully saturated rings. The van der Waals surface area contributed by atoms with Gasteiger partial charge in [-0.1, -0.05) is 45.4 Å². The molecule has 0 bridgehead atoms. The van der Waals surface area contributed by atoms with Gasteiger partial charge in [-0.2, -0.15) is 0 Å². The number of benzene rings is 1. The Hall–Kier alpha value is -2.03. The molecule has 1 unspecified atom stereocenters. The summed E-state index contributed by atoms with van der Waals surface area (Å²) in [6, 6.07) is 7.10. The highest BCUT2D eigenvalue weighted by atomic mass is 16.5. The molecule has 1 atom stereocenters. The summed E-state index contributed by atoms with van der Waals surface area (Å²) in [7, 11) is 0. The largest absolute Gasteiger partial charge is 0.469 e. The van der Waals surface area contributed by atoms with Crippen LogP contribution in [-0.4, -0.2) is 17.3 Å². The minimum atomic E-state index is -0.137. The Morgan fingerprint density at radius 1 is 1.04 bits per heavy atom. The molecule has 0 saturated heterocycles. The minimum Gasteiger partial charge on any atom is -0.469 e. The van der Waals surface area contributed by atoms with Crippen LogP contribution >= 0.6 is 0 Å². The lowest BCUT2D eigenvalue weighted by molar-refractivity contribution is 0.122. The smallest absolute Gasteiger partial charge is 0.181 e. The SMILES string of the molecule is CCC(CC)N1c2cc(C)ncc2C(C)(C)C1Oc1c(C)cc(C)cc1C. The fourth-order valence-electron chi connectivity index (χ4n) is 4.60. The summed E-state index contributed by atoms with van der Waals surface area (Å²) in [5, 5.41) is 0. The second-order valence-electron chi connectivity index (χ2n) is 8.64. The molecule has 1 aromatic carbocycles. The highest BCUT2D eigenvalue weighted by Crippen LogP contribution is 2.48. The van der Waals surface area contributed by atoms with Gasteiger partial charge in [-0.15, -0.1) is 0 Å². The number of anilines is 1. The third-order valence-corrected chi connectivity index (χ3v) is 6.03. The van der Waals surface area contributed by atoms with Crippen molar-refractivity contribution in [1.29, 1.82) is 0 Å². The van der Waals surface area contributed by atoms with Gasteiger partial charge < -0.3 is 9.64 Å². The maximum Gasteiger partial charge on any atom is 0.181 e. The summed E-state index contributed by atoms with van der Waals surface area (Å²) in [6.45, 7) is 17.6. The molecular formula is C24H34N2O. The van der Waals surface area contributed by atoms with Gasteiger partial charge in [0.05, 0.1) is 0 Å². The van der Waals surface area contributed by atoms with Gasteiger partial charge in [-0.25, -0.2) is 0 Å². The highest BCUT2D eigenvalue weighted by molar-refractivity contribution is 5.64. The number of nitrogens with zero attached hydrogens (tertiary/aromatic N) is 2. The Morgan fingerprint density at radius 3 is 2.19 bits per heavy atom. The van der Waals surface area contributed by atoms with Gasteiger partial charge in [0.2, 0.25) is 0 Å². The Labute approximate surface area is 164 Å². The standard InChI is InChI=1S/C24H34N2O/c1-9-19(10-2)26-21-13-18(6)25-14-20(21)24(7,8)23(26)27-22-16(4)11-15(3)12-17(22)5/h11-14,19,23H,9-10H2,1-8H3. The van der Waals surface area contributed by atoms with E-state index >= 15 is 0 Å². The fraction of sp³-hybridized carbons (Fsp3) is 0.542. The molecule has 3 nitrogen and oxygen atoms in total. The number of hydrogen-bond acceptors (Lipinski definition) is 3. The third kappa shape index (κ3) is 3.33. The molecule has 1 aliphatic rings. The molecule has 3 heteroatoms. The van der Waals surface area contributed by atoms with Crippen molar-refractivity contribution < 1.29 is 4.74 Å². The maximum atomic E-state index is 6.82. The van der Waals surface area contributed by atoms with Crippen molar-refractivity contribution in [3.63, 3.8) is 0 Å². The molecule has 146 valence electrons. The van der Waals surface area contributed by atoms with Gasteiger partial charge in [-0.05, 0) is 57.7 Å². The van der Waals surface area contributed by atoms with Crippen LogP contribution < -0.4 is 9.64 Å². The van der Waals surface area contributed by atoms with Gasteiger partial charge in [0.1, 0.15) is 5.75 Å². The fourth-order valence-corrected chi connectivity index (χ4v) is 4.60. The summed E-state index contributed by atoms with van der Waals surface area (Å²) in [5.41, 5.74) is 7.19. The quantitative estimate of drug-likeness (QED) is 0.648. The van der Waals surface area contributed by atoms with Gasteiger partial charge in [-0.3, -0.25) is 4.98 Å². The molecule has 2 aromatic rings. The average Bonchev–Trinajstić information content (AvgIpc) is 2.79. The van der Waals surface area contributed by atoms with Crippen molar-refractivity contribution in [2.45, 2.75) is 85.9 Å². The normalized spacial score (nSPS) is 18.1. The molecular weight excluding hydrogens is 332 g/mol. The second kappa shape index (κ2) is 7.18. The predicted octanol–water partition coefficient (Wildman–Crippen LogP) is 6.01. The zero-order chi connectivity index (χ0) is 19.9. The lowest BCUT2D eigenvalue weighted by Crippen LogP contribution is -2.50. The Balaban J connectivity index is 2.12. The topological polar surface area (TPSA) is 25.4 Å². The van der Waals surface area contributed by atoms with E-state index in [0.29, 0.717) is 6.04 Å². The molecule has 0 aliphatic carbocycles. The zero-order valence-electron chi connectivity index (χ0n) is 18.2. The second-order valence-corrected chi connectivity index (χ2v) is 8.64. The van der Waals surface area contributed by atoms with E-state index in [1.165, 1.54) is 27.9 Å². The predicted molar refractivity (Wildman–Crippen MR) is 114 cm³/mol. The molecule has 1 aliphatic heterocycles. The number of ether oxygens (including phenoxy) is 1. The van der Waals surface area contributed by atoms with E-state index < -0.39 is 0 Å². The van der Waals surface area contributed by atoms with Gasteiger partial charge in [0, 0.05) is 34.6 Å². The summed E-state index contributed by atoms with van der Waals surface area (Å²) in [4.78, 5) is 7.11. The zero-order valence-corrected chi connectivity index (χ0v) is 18.2. The monoisotopic (exact) mass is 366 g/mol. The molecule has 0 spiro atoms. The first-order chi connectivity index (χ1) is 12.7. The Kier molecular flexibility index (Phi) is 5.24. The van der Waals surface area contributed by atoms with Crippen LogP contribution in [0.3, 0.4) is 0 Å². The number of fused-ring (bicyclic) bond motifs is 1. The van der Waals surface area contributed by atoms with Crippen LogP contribution in [-0.2, 0) is 5.41 Å². The first-order valence-corrected chi connectivity index (χ1v) is 10.2. The van der Waals surface area contributed by atoms with Crippen LogP contribution in [0.4, 0.5) is 5.69 Å². The van der Waals surface area contributed by atoms with E-state index in [1.54, 1.807) is 0 Å². The average molecular weight is 367 g/mol. The molecule has 2 heterocycles. The molecule has 0 saturated carbocycles. The summed E-state index contributed by atoms with van der Waals surface area (Å²) in [5.74, 6) is 1.02. The van der Waals surface area contributed by atoms with Crippen molar-refractivity contribution in [1.82, 2.24) is 4.98 Å². The Morgan fingerprint density at radius 2 is 1.63 bits per heavy atom. The van der Waals surface area contributed by atoms with E-state index in [4.69, 9.17) is 4.74 Å². The molecule has 0 N–H and O–H groups in total. The summed E-state index contributed by atoms with van der Waals surface area (Å²) < 4.78 is 6.82. The molecule has 0 radical (unpaired) electrons. The lowest BCUT2D eigenvalue weighted by atomic mass is 9.86. The minimum absolute atomic E-state index is 0.0406. The van der Waals surface area contributed by atoms with E-state index in [9.17, 15) is 0 Å². The van der Waals surface area contributed by atoms with Crippen LogP contribution in [0.1, 0.15) is 68.5 Å². The van der Waals surface area contributed by atoms with Crippen molar-refractivity contribution in [3.05, 3.63) is 52.3 Å². The van der Waals surface area contributed by atoms with Crippen molar-refractivity contribution >= 4 is 5.69 Å². The Bertz CT molecular complexity index is 813. The van der Waals surface area contributed by atoms with Gasteiger partial charge >= 0.3 is 0 Å². The van der Waals surface area contributed by atoms with Gasteiger partial charge in [0.25, 0.3) is 0 Å². The number of rotatable bonds is 5. The number of hydrogen-bond donors (Lipinski definition) is 0. The molecule has 27 heavy (non-hydrogen) atoms. The summed E-state index contributed by atoms with van der Waals surface area (Å²) in [6.07, 6.45) is 4.21. The molecule has 1 aromatic heterocycles. The van der Waals surface area contributed by atoms with Crippen LogP contribution in [0, 0.1) is 27.7 Å². The van der Waals surface area contributed by atoms with Crippen LogP contribution in [0.15, 0.2) is 24.4 Å². The van der Waals surface area contributed by atoms with E-state index in [-0.39, 0.29) is 11.6 Å². The van der Waals surface area contributed by atoms with Crippen LogP contribution in [0.2, 0.25) is 0 Å². The van der Waals surface area contributed by atoms with Crippen molar-refractivity contribution in [2.24, 2.45) is 0 Å². The highest BCUT2D eigenvalue weighted by Gasteiger charge is 2.48. The van der Waals surface area contributed by atoms with Crippen LogP contribution in [0.25, 0.3) is 0 Å². The number of aryl methyl sites for hydroxylation is 4. The first kappa shape index (κ1) is 19.7. The van der Waals surface area contributed by atoms with E-state index in [0.717, 1.165) is 24.3 Å². The summed E-state index contributed by atoms with van der Waals surface area (Å²) >= 11 is 0. The van der Waals surface area contributed by atoms with E-state index in [1.807, 2.05) is 0 Å². The maximum absolute atomic E-state index is 6.82. The van der Waals surface area contributed by atoms with Crippen molar-refractivity contribution in [3.8, 4) is 5.75 Å².